The molecule has 1 aliphatic rings. The average Bonchev–Trinajstić information content (AvgIpc) is 3.44. The summed E-state index contributed by atoms with van der Waals surface area (Å²) in [5.74, 6) is 13.0. The fourth-order valence-electron chi connectivity index (χ4n) is 3.36. The third-order valence-electron chi connectivity index (χ3n) is 4.96. The number of hydrogen-bond acceptors (Lipinski definition) is 6. The molecule has 162 valence electrons. The molecule has 3 aromatic rings. The van der Waals surface area contributed by atoms with Crippen LogP contribution in [0.3, 0.4) is 0 Å². The molecule has 4 rings (SSSR count). The van der Waals surface area contributed by atoms with Crippen LogP contribution in [0, 0.1) is 23.7 Å². The Labute approximate surface area is 186 Å². The van der Waals surface area contributed by atoms with Crippen LogP contribution in [0.25, 0.3) is 11.3 Å². The maximum absolute atomic E-state index is 11.3. The number of carbonyl (C=O) groups excluding carboxylic acids is 1. The zero-order valence-electron chi connectivity index (χ0n) is 17.7. The summed E-state index contributed by atoms with van der Waals surface area (Å²) in [4.78, 5) is 17.5. The number of nitrogens with zero attached hydrogens (tertiary/aromatic N) is 4. The van der Waals surface area contributed by atoms with E-state index < -0.39 is 6.10 Å². The van der Waals surface area contributed by atoms with Crippen LogP contribution in [0.5, 0.6) is 0 Å². The standard InChI is InChI=1S/C24H23N5O3/c1-18(30)24-26-11-14-29(24)16-21-15-22(32-27-21)20-8-6-19(7-9-20)5-3-2-4-12-28-13-10-25-23(31)17-28/h6-9,11,14-15,18,30H,10,12-13,16-17H2,1H3,(H,25,31)/t18-/m0/s1. The fourth-order valence-corrected chi connectivity index (χ4v) is 3.36. The Morgan fingerprint density at radius 2 is 2.12 bits per heavy atom. The SMILES string of the molecule is C[C@H](O)c1nccn1Cc1cc(-c2ccc(C#CC#CCN3CCNC(=O)C3)cc2)on1. The number of piperazine rings is 1. The van der Waals surface area contributed by atoms with Gasteiger partial charge in [-0.2, -0.15) is 0 Å². The molecule has 1 atom stereocenters. The van der Waals surface area contributed by atoms with Gasteiger partial charge < -0.3 is 19.5 Å². The Kier molecular flexibility index (Phi) is 6.66. The summed E-state index contributed by atoms with van der Waals surface area (Å²) in [6.45, 7) is 4.54. The van der Waals surface area contributed by atoms with E-state index >= 15 is 0 Å². The van der Waals surface area contributed by atoms with Gasteiger partial charge in [0.05, 0.1) is 19.6 Å². The summed E-state index contributed by atoms with van der Waals surface area (Å²) >= 11 is 0. The predicted molar refractivity (Wildman–Crippen MR) is 118 cm³/mol. The number of imidazole rings is 1. The van der Waals surface area contributed by atoms with Gasteiger partial charge in [-0.15, -0.1) is 0 Å². The molecule has 32 heavy (non-hydrogen) atoms. The second-order valence-corrected chi connectivity index (χ2v) is 7.46. The molecule has 3 heterocycles. The van der Waals surface area contributed by atoms with Crippen molar-refractivity contribution in [3.63, 3.8) is 0 Å². The van der Waals surface area contributed by atoms with E-state index in [-0.39, 0.29) is 5.91 Å². The molecule has 8 nitrogen and oxygen atoms in total. The molecule has 0 saturated carbocycles. The van der Waals surface area contributed by atoms with Gasteiger partial charge in [0.15, 0.2) is 5.76 Å². The number of aliphatic hydroxyl groups excluding tert-OH is 1. The number of aliphatic hydroxyl groups is 1. The van der Waals surface area contributed by atoms with Gasteiger partial charge >= 0.3 is 0 Å². The van der Waals surface area contributed by atoms with Crippen LogP contribution >= 0.6 is 0 Å². The van der Waals surface area contributed by atoms with Crippen molar-refractivity contribution in [2.24, 2.45) is 0 Å². The van der Waals surface area contributed by atoms with Crippen LogP contribution in [0.2, 0.25) is 0 Å². The van der Waals surface area contributed by atoms with Gasteiger partial charge in [0.25, 0.3) is 0 Å². The molecule has 8 heteroatoms. The lowest BCUT2D eigenvalue weighted by Crippen LogP contribution is -2.47. The molecule has 0 bridgehead atoms. The zero-order valence-corrected chi connectivity index (χ0v) is 17.7. The molecule has 2 aromatic heterocycles. The predicted octanol–water partition coefficient (Wildman–Crippen LogP) is 1.43. The third-order valence-corrected chi connectivity index (χ3v) is 4.96. The lowest BCUT2D eigenvalue weighted by molar-refractivity contribution is -0.123. The minimum atomic E-state index is -0.652. The monoisotopic (exact) mass is 429 g/mol. The van der Waals surface area contributed by atoms with Crippen LogP contribution in [0.1, 0.15) is 30.1 Å². The lowest BCUT2D eigenvalue weighted by Gasteiger charge is -2.23. The van der Waals surface area contributed by atoms with Crippen molar-refractivity contribution in [2.45, 2.75) is 19.6 Å². The molecular formula is C24H23N5O3. The Morgan fingerprint density at radius 1 is 1.28 bits per heavy atom. The minimum Gasteiger partial charge on any atom is -0.385 e. The molecule has 1 aliphatic heterocycles. The smallest absolute Gasteiger partial charge is 0.234 e. The van der Waals surface area contributed by atoms with E-state index in [9.17, 15) is 9.90 Å². The molecule has 1 amide bonds. The van der Waals surface area contributed by atoms with E-state index in [0.29, 0.717) is 37.8 Å². The van der Waals surface area contributed by atoms with Crippen LogP contribution < -0.4 is 5.32 Å². The molecule has 1 fully saturated rings. The average molecular weight is 429 g/mol. The Hall–Kier alpha value is -3.85. The number of aromatic nitrogens is 3. The summed E-state index contributed by atoms with van der Waals surface area (Å²) in [6, 6.07) is 9.53. The van der Waals surface area contributed by atoms with Crippen LogP contribution in [0.15, 0.2) is 47.2 Å². The van der Waals surface area contributed by atoms with Gasteiger partial charge in [-0.3, -0.25) is 9.69 Å². The lowest BCUT2D eigenvalue weighted by atomic mass is 10.1. The molecule has 0 unspecified atom stereocenters. The first-order valence-corrected chi connectivity index (χ1v) is 10.3. The first-order valence-electron chi connectivity index (χ1n) is 10.3. The molecule has 2 N–H and O–H groups in total. The Morgan fingerprint density at radius 3 is 2.91 bits per heavy atom. The quantitative estimate of drug-likeness (QED) is 0.596. The molecule has 1 aromatic carbocycles. The summed E-state index contributed by atoms with van der Waals surface area (Å²) in [5.41, 5.74) is 2.48. The number of carbonyl (C=O) groups is 1. The summed E-state index contributed by atoms with van der Waals surface area (Å²) in [5, 5.41) is 16.7. The van der Waals surface area contributed by atoms with Crippen molar-refractivity contribution in [3.05, 3.63) is 59.8 Å². The van der Waals surface area contributed by atoms with Crippen molar-refractivity contribution >= 4 is 5.91 Å². The number of benzene rings is 1. The van der Waals surface area contributed by atoms with E-state index in [4.69, 9.17) is 4.52 Å². The minimum absolute atomic E-state index is 0.0364. The highest BCUT2D eigenvalue weighted by molar-refractivity contribution is 5.78. The van der Waals surface area contributed by atoms with Crippen molar-refractivity contribution in [3.8, 4) is 35.0 Å². The van der Waals surface area contributed by atoms with E-state index in [1.807, 2.05) is 39.8 Å². The summed E-state index contributed by atoms with van der Waals surface area (Å²) < 4.78 is 7.32. The van der Waals surface area contributed by atoms with E-state index in [2.05, 4.69) is 39.1 Å². The highest BCUT2D eigenvalue weighted by atomic mass is 16.5. The van der Waals surface area contributed by atoms with E-state index in [0.717, 1.165) is 23.4 Å². The molecule has 1 saturated heterocycles. The van der Waals surface area contributed by atoms with Crippen molar-refractivity contribution in [1.82, 2.24) is 24.9 Å². The van der Waals surface area contributed by atoms with Gasteiger partial charge in [0, 0.05) is 42.7 Å². The van der Waals surface area contributed by atoms with Crippen LogP contribution in [0.4, 0.5) is 0 Å². The van der Waals surface area contributed by atoms with Gasteiger partial charge in [-0.25, -0.2) is 4.98 Å². The van der Waals surface area contributed by atoms with Crippen molar-refractivity contribution < 1.29 is 14.4 Å². The molecule has 0 radical (unpaired) electrons. The second-order valence-electron chi connectivity index (χ2n) is 7.46. The summed E-state index contributed by atoms with van der Waals surface area (Å²) in [7, 11) is 0. The van der Waals surface area contributed by atoms with Gasteiger partial charge in [-0.1, -0.05) is 17.0 Å². The number of amides is 1. The van der Waals surface area contributed by atoms with Gasteiger partial charge in [0.2, 0.25) is 5.91 Å². The first-order chi connectivity index (χ1) is 15.6. The number of hydrogen-bond donors (Lipinski definition) is 2. The second kappa shape index (κ2) is 9.97. The fraction of sp³-hybridized carbons (Fsp3) is 0.292. The van der Waals surface area contributed by atoms with Crippen LogP contribution in [-0.4, -0.2) is 56.8 Å². The third kappa shape index (κ3) is 5.44. The normalized spacial score (nSPS) is 14.6. The van der Waals surface area contributed by atoms with E-state index in [1.54, 1.807) is 19.3 Å². The maximum Gasteiger partial charge on any atom is 0.234 e. The Bertz CT molecular complexity index is 1200. The highest BCUT2D eigenvalue weighted by Gasteiger charge is 2.14. The Balaban J connectivity index is 1.35. The number of nitrogens with one attached hydrogen (secondary N) is 1. The topological polar surface area (TPSA) is 96.4 Å². The van der Waals surface area contributed by atoms with Crippen LogP contribution in [-0.2, 0) is 11.3 Å². The highest BCUT2D eigenvalue weighted by Crippen LogP contribution is 2.22. The van der Waals surface area contributed by atoms with Gasteiger partial charge in [-0.05, 0) is 43.0 Å². The summed E-state index contributed by atoms with van der Waals surface area (Å²) in [6.07, 6.45) is 2.80. The largest absolute Gasteiger partial charge is 0.385 e. The zero-order chi connectivity index (χ0) is 22.3. The maximum atomic E-state index is 11.3. The molecule has 0 spiro atoms. The van der Waals surface area contributed by atoms with Crippen molar-refractivity contribution in [2.75, 3.05) is 26.2 Å². The molecule has 0 aliphatic carbocycles. The number of rotatable bonds is 5. The van der Waals surface area contributed by atoms with Crippen molar-refractivity contribution in [1.29, 1.82) is 0 Å². The molecular weight excluding hydrogens is 406 g/mol. The first kappa shape index (κ1) is 21.4. The van der Waals surface area contributed by atoms with E-state index in [1.165, 1.54) is 0 Å². The van der Waals surface area contributed by atoms with Gasteiger partial charge in [0.1, 0.15) is 17.6 Å².